The minimum Gasteiger partial charge on any atom is -0.339 e. The summed E-state index contributed by atoms with van der Waals surface area (Å²) in [4.78, 5) is 26.1. The fourth-order valence-electron chi connectivity index (χ4n) is 3.29. The molecular formula is C24H30N4O3. The lowest BCUT2D eigenvalue weighted by molar-refractivity contribution is -0.130. The summed E-state index contributed by atoms with van der Waals surface area (Å²) in [6, 6.07) is 14.0. The number of carbonyl (C=O) groups is 2. The van der Waals surface area contributed by atoms with Gasteiger partial charge in [-0.2, -0.15) is 0 Å². The van der Waals surface area contributed by atoms with Crippen molar-refractivity contribution in [1.82, 2.24) is 15.7 Å². The molecule has 0 radical (unpaired) electrons. The Morgan fingerprint density at radius 3 is 2.06 bits per heavy atom. The number of hydrogen-bond acceptors (Lipinski definition) is 5. The van der Waals surface area contributed by atoms with Crippen molar-refractivity contribution in [2.75, 3.05) is 19.6 Å². The number of likely N-dealkylation sites (tertiary alicyclic amines) is 1. The zero-order valence-electron chi connectivity index (χ0n) is 16.7. The van der Waals surface area contributed by atoms with Crippen molar-refractivity contribution < 1.29 is 14.8 Å². The van der Waals surface area contributed by atoms with Gasteiger partial charge in [-0.25, -0.2) is 5.48 Å². The molecule has 31 heavy (non-hydrogen) atoms. The van der Waals surface area contributed by atoms with Gasteiger partial charge in [0.05, 0.1) is 0 Å². The molecule has 1 atom stereocenters. The summed E-state index contributed by atoms with van der Waals surface area (Å²) < 4.78 is 0. The second-order valence-electron chi connectivity index (χ2n) is 7.25. The number of hydroxylamine groups is 1. The van der Waals surface area contributed by atoms with Crippen molar-refractivity contribution in [3.63, 3.8) is 0 Å². The van der Waals surface area contributed by atoms with E-state index in [1.54, 1.807) is 24.3 Å². The molecule has 1 fully saturated rings. The fourth-order valence-corrected chi connectivity index (χ4v) is 3.29. The van der Waals surface area contributed by atoms with Crippen LogP contribution in [-0.4, -0.2) is 47.6 Å². The third kappa shape index (κ3) is 6.93. The molecule has 0 unspecified atom stereocenters. The van der Waals surface area contributed by atoms with Crippen LogP contribution in [0.4, 0.5) is 0 Å². The fraction of sp³-hybridized carbons (Fsp3) is 0.333. The van der Waals surface area contributed by atoms with E-state index in [9.17, 15) is 9.59 Å². The SMILES string of the molecule is C.NC[C@H](NC(=O)c1ccc(C#Cc2ccc(CN3CCCC3)cc2)cc1)C(=O)NO. The van der Waals surface area contributed by atoms with Gasteiger partial charge in [-0.1, -0.05) is 31.4 Å². The maximum Gasteiger partial charge on any atom is 0.267 e. The van der Waals surface area contributed by atoms with Crippen LogP contribution in [0.2, 0.25) is 0 Å². The highest BCUT2D eigenvalue weighted by Crippen LogP contribution is 2.13. The second kappa shape index (κ2) is 11.9. The molecule has 3 rings (SSSR count). The van der Waals surface area contributed by atoms with Crippen LogP contribution in [0.15, 0.2) is 48.5 Å². The highest BCUT2D eigenvalue weighted by molar-refractivity contribution is 5.97. The normalized spacial score (nSPS) is 14.0. The van der Waals surface area contributed by atoms with Crippen molar-refractivity contribution >= 4 is 11.8 Å². The highest BCUT2D eigenvalue weighted by atomic mass is 16.5. The standard InChI is InChI=1S/C23H26N4O3.CH4/c24-15-21(23(29)26-30)25-22(28)20-11-9-18(10-12-20)4-3-17-5-7-19(8-6-17)16-27-13-1-2-14-27;/h5-12,21,30H,1-2,13-16,24H2,(H,25,28)(H,26,29);1H4/t21-;/m0./s1. The maximum absolute atomic E-state index is 12.2. The Bertz CT molecular complexity index is 924. The minimum absolute atomic E-state index is 0. The molecule has 2 amide bonds. The average molecular weight is 423 g/mol. The molecular weight excluding hydrogens is 392 g/mol. The van der Waals surface area contributed by atoms with Gasteiger partial charge in [0.1, 0.15) is 6.04 Å². The Kier molecular flexibility index (Phi) is 9.22. The maximum atomic E-state index is 12.2. The van der Waals surface area contributed by atoms with E-state index in [2.05, 4.69) is 34.2 Å². The number of nitrogens with zero attached hydrogens (tertiary/aromatic N) is 1. The van der Waals surface area contributed by atoms with Crippen LogP contribution in [0.5, 0.6) is 0 Å². The summed E-state index contributed by atoms with van der Waals surface area (Å²) in [6.45, 7) is 3.22. The van der Waals surface area contributed by atoms with E-state index in [-0.39, 0.29) is 14.0 Å². The second-order valence-corrected chi connectivity index (χ2v) is 7.25. The molecule has 7 nitrogen and oxygen atoms in total. The number of nitrogens with two attached hydrogens (primary N) is 1. The number of nitrogens with one attached hydrogen (secondary N) is 2. The average Bonchev–Trinajstić information content (AvgIpc) is 3.29. The molecule has 7 heteroatoms. The van der Waals surface area contributed by atoms with Gasteiger partial charge in [-0.3, -0.25) is 19.7 Å². The summed E-state index contributed by atoms with van der Waals surface area (Å²) in [6.07, 6.45) is 2.57. The van der Waals surface area contributed by atoms with E-state index in [4.69, 9.17) is 10.9 Å². The van der Waals surface area contributed by atoms with Crippen molar-refractivity contribution in [2.24, 2.45) is 5.73 Å². The third-order valence-electron chi connectivity index (χ3n) is 5.02. The first-order valence-corrected chi connectivity index (χ1v) is 9.97. The Hall–Kier alpha value is -3.18. The molecule has 0 saturated carbocycles. The topological polar surface area (TPSA) is 108 Å². The van der Waals surface area contributed by atoms with Crippen LogP contribution >= 0.6 is 0 Å². The van der Waals surface area contributed by atoms with E-state index in [1.807, 2.05) is 12.1 Å². The van der Waals surface area contributed by atoms with Crippen LogP contribution < -0.4 is 16.5 Å². The van der Waals surface area contributed by atoms with Crippen LogP contribution in [0.3, 0.4) is 0 Å². The van der Waals surface area contributed by atoms with Gasteiger partial charge in [-0.05, 0) is 67.9 Å². The Morgan fingerprint density at radius 1 is 1.00 bits per heavy atom. The van der Waals surface area contributed by atoms with Crippen molar-refractivity contribution in [2.45, 2.75) is 32.9 Å². The molecule has 1 heterocycles. The van der Waals surface area contributed by atoms with Gasteiger partial charge in [0.25, 0.3) is 11.8 Å². The predicted octanol–water partition coefficient (Wildman–Crippen LogP) is 1.88. The van der Waals surface area contributed by atoms with Crippen molar-refractivity contribution in [3.05, 3.63) is 70.8 Å². The lowest BCUT2D eigenvalue weighted by Gasteiger charge is -2.14. The zero-order chi connectivity index (χ0) is 21.3. The van der Waals surface area contributed by atoms with Crippen LogP contribution in [0.1, 0.15) is 47.3 Å². The Labute approximate surface area is 183 Å². The molecule has 164 valence electrons. The van der Waals surface area contributed by atoms with Gasteiger partial charge in [0.2, 0.25) is 0 Å². The molecule has 0 aromatic heterocycles. The van der Waals surface area contributed by atoms with Gasteiger partial charge in [0, 0.05) is 29.8 Å². The highest BCUT2D eigenvalue weighted by Gasteiger charge is 2.19. The monoisotopic (exact) mass is 422 g/mol. The lowest BCUT2D eigenvalue weighted by atomic mass is 10.1. The number of rotatable bonds is 6. The first kappa shape index (κ1) is 24.1. The van der Waals surface area contributed by atoms with Gasteiger partial charge < -0.3 is 11.1 Å². The Morgan fingerprint density at radius 2 is 1.55 bits per heavy atom. The van der Waals surface area contributed by atoms with Gasteiger partial charge >= 0.3 is 0 Å². The zero-order valence-corrected chi connectivity index (χ0v) is 16.7. The first-order valence-electron chi connectivity index (χ1n) is 9.97. The smallest absolute Gasteiger partial charge is 0.267 e. The number of hydrogen-bond donors (Lipinski definition) is 4. The van der Waals surface area contributed by atoms with E-state index in [1.165, 1.54) is 37.0 Å². The summed E-state index contributed by atoms with van der Waals surface area (Å²) in [5.41, 5.74) is 10.3. The Balaban J connectivity index is 0.00000341. The largest absolute Gasteiger partial charge is 0.339 e. The molecule has 0 bridgehead atoms. The van der Waals surface area contributed by atoms with Crippen LogP contribution in [0, 0.1) is 11.8 Å². The van der Waals surface area contributed by atoms with Crippen molar-refractivity contribution in [3.8, 4) is 11.8 Å². The molecule has 2 aromatic rings. The quantitative estimate of drug-likeness (QED) is 0.323. The van der Waals surface area contributed by atoms with Gasteiger partial charge in [-0.15, -0.1) is 0 Å². The molecule has 5 N–H and O–H groups in total. The lowest BCUT2D eigenvalue weighted by Crippen LogP contribution is -2.50. The molecule has 1 saturated heterocycles. The van der Waals surface area contributed by atoms with E-state index in [0.717, 1.165) is 17.7 Å². The van der Waals surface area contributed by atoms with Crippen LogP contribution in [-0.2, 0) is 11.3 Å². The third-order valence-corrected chi connectivity index (χ3v) is 5.02. The number of benzene rings is 2. The predicted molar refractivity (Wildman–Crippen MR) is 120 cm³/mol. The summed E-state index contributed by atoms with van der Waals surface area (Å²) >= 11 is 0. The molecule has 0 spiro atoms. The molecule has 1 aliphatic heterocycles. The van der Waals surface area contributed by atoms with Crippen molar-refractivity contribution in [1.29, 1.82) is 0 Å². The van der Waals surface area contributed by atoms with Crippen LogP contribution in [0.25, 0.3) is 0 Å². The summed E-state index contributed by atoms with van der Waals surface area (Å²) in [5.74, 6) is 5.00. The first-order chi connectivity index (χ1) is 14.6. The molecule has 0 aliphatic carbocycles. The summed E-state index contributed by atoms with van der Waals surface area (Å²) in [7, 11) is 0. The molecule has 2 aromatic carbocycles. The van der Waals surface area contributed by atoms with E-state index in [0.29, 0.717) is 5.56 Å². The minimum atomic E-state index is -1.00. The number of carbonyl (C=O) groups excluding carboxylic acids is 2. The number of amides is 2. The van der Waals surface area contributed by atoms with E-state index < -0.39 is 17.9 Å². The van der Waals surface area contributed by atoms with Gasteiger partial charge in [0.15, 0.2) is 0 Å². The van der Waals surface area contributed by atoms with E-state index >= 15 is 0 Å². The summed E-state index contributed by atoms with van der Waals surface area (Å²) in [5, 5.41) is 11.1. The molecule has 1 aliphatic rings.